The average molecular weight is 493 g/mol. The minimum absolute atomic E-state index is 0.146. The molecule has 2 aromatic rings. The molecule has 0 bridgehead atoms. The Balaban J connectivity index is 0.000000572. The number of hydrogen-bond donors (Lipinski definition) is 0. The van der Waals surface area contributed by atoms with Crippen molar-refractivity contribution < 1.29 is 19.2 Å². The van der Waals surface area contributed by atoms with Gasteiger partial charge in [0.15, 0.2) is 0 Å². The van der Waals surface area contributed by atoms with Gasteiger partial charge in [-0.15, -0.1) is 0 Å². The Morgan fingerprint density at radius 3 is 1.38 bits per heavy atom. The van der Waals surface area contributed by atoms with Crippen molar-refractivity contribution in [2.24, 2.45) is 0 Å². The molecule has 0 N–H and O–H groups in total. The van der Waals surface area contributed by atoms with Gasteiger partial charge in [-0.3, -0.25) is 0 Å². The molecule has 0 radical (unpaired) electrons. The minimum Gasteiger partial charge on any atom is -0.668 e. The maximum atomic E-state index is 3.50. The van der Waals surface area contributed by atoms with Crippen LogP contribution in [0, 0.1) is 13.8 Å². The van der Waals surface area contributed by atoms with Gasteiger partial charge in [-0.2, -0.15) is 28.2 Å². The molecule has 2 nitrogen and oxygen atoms in total. The molecule has 0 spiro atoms. The molecule has 3 rings (SSSR count). The first-order chi connectivity index (χ1) is 16.1. The Bertz CT molecular complexity index is 825. The Labute approximate surface area is 219 Å². The van der Waals surface area contributed by atoms with Crippen molar-refractivity contribution >= 4 is 12.2 Å². The first-order valence-corrected chi connectivity index (χ1v) is 13.3. The third kappa shape index (κ3) is 18.5. The molecule has 1 aliphatic carbocycles. The standard InChI is InChI=1S/C18H18.C5H5.C4H9.2C2H6N.Ti/c1-15-7-11-17(12-8-15)5-3-4-6-18-13-9-16(2)10-14-18;1-2-4-5-3-1;1-4(2)3;2*1-3-2;/h3-14H,1-2H3;1-3H,4H2;1-3H3;2*1-2H3;/q;;;2*-1;+2. The van der Waals surface area contributed by atoms with Crippen molar-refractivity contribution in [1.82, 2.24) is 0 Å². The van der Waals surface area contributed by atoms with Gasteiger partial charge in [0.1, 0.15) is 0 Å². The van der Waals surface area contributed by atoms with E-state index >= 15 is 0 Å². The van der Waals surface area contributed by atoms with Crippen LogP contribution in [0.15, 0.2) is 82.8 Å². The van der Waals surface area contributed by atoms with E-state index in [1.54, 1.807) is 32.1 Å². The summed E-state index contributed by atoms with van der Waals surface area (Å²) >= 11 is 0.146. The monoisotopic (exact) mass is 492 g/mol. The quantitative estimate of drug-likeness (QED) is 0.300. The molecular weight excluding hydrogens is 448 g/mol. The normalized spacial score (nSPS) is 12.1. The van der Waals surface area contributed by atoms with Gasteiger partial charge in [-0.25, -0.2) is 0 Å². The number of benzene rings is 2. The van der Waals surface area contributed by atoms with Crippen molar-refractivity contribution in [3.05, 3.63) is 116 Å². The molecule has 2 aromatic carbocycles. The van der Waals surface area contributed by atoms with E-state index in [4.69, 9.17) is 0 Å². The van der Waals surface area contributed by atoms with Gasteiger partial charge in [0, 0.05) is 0 Å². The van der Waals surface area contributed by atoms with Crippen molar-refractivity contribution in [3.63, 3.8) is 0 Å². The molecule has 182 valence electrons. The van der Waals surface area contributed by atoms with E-state index in [0.717, 1.165) is 0 Å². The van der Waals surface area contributed by atoms with E-state index in [2.05, 4.69) is 136 Å². The van der Waals surface area contributed by atoms with Crippen LogP contribution in [-0.4, -0.2) is 28.2 Å². The molecule has 0 saturated carbocycles. The van der Waals surface area contributed by atoms with Gasteiger partial charge in [0.25, 0.3) is 0 Å². The topological polar surface area (TPSA) is 28.2 Å². The van der Waals surface area contributed by atoms with Crippen LogP contribution in [0.2, 0.25) is 3.72 Å². The molecule has 34 heavy (non-hydrogen) atoms. The number of allylic oxidation sites excluding steroid dienone is 6. The molecule has 0 unspecified atom stereocenters. The molecule has 3 heteroatoms. The van der Waals surface area contributed by atoms with Crippen LogP contribution >= 0.6 is 0 Å². The molecule has 0 aliphatic heterocycles. The summed E-state index contributed by atoms with van der Waals surface area (Å²) in [7, 11) is 7.00. The molecule has 0 atom stereocenters. The van der Waals surface area contributed by atoms with E-state index in [1.807, 2.05) is 0 Å². The number of rotatable bonds is 4. The van der Waals surface area contributed by atoms with Crippen molar-refractivity contribution in [2.75, 3.05) is 28.2 Å². The summed E-state index contributed by atoms with van der Waals surface area (Å²) in [4.78, 5) is 0. The van der Waals surface area contributed by atoms with Crippen LogP contribution in [0.1, 0.15) is 49.4 Å². The second kappa shape index (κ2) is 19.4. The summed E-state index contributed by atoms with van der Waals surface area (Å²) in [5.74, 6) is 0. The SMILES string of the molecule is C[C](C)(C)[Ti+2][C]1=CC=CC1.C[N-]C.C[N-]C.Cc1ccc(C=CC=Cc2ccc(C)cc2)cc1. The van der Waals surface area contributed by atoms with Crippen LogP contribution in [0.25, 0.3) is 22.8 Å². The molecule has 0 fully saturated rings. The van der Waals surface area contributed by atoms with E-state index in [-0.39, 0.29) is 19.2 Å². The smallest absolute Gasteiger partial charge is 0.0256 e. The van der Waals surface area contributed by atoms with Gasteiger partial charge in [-0.05, 0) is 25.0 Å². The van der Waals surface area contributed by atoms with Crippen molar-refractivity contribution in [2.45, 2.75) is 44.8 Å². The summed E-state index contributed by atoms with van der Waals surface area (Å²) in [5.41, 5.74) is 5.05. The van der Waals surface area contributed by atoms with Gasteiger partial charge < -0.3 is 10.6 Å². The molecule has 0 aromatic heterocycles. The number of nitrogens with zero attached hydrogens (tertiary/aromatic N) is 2. The summed E-state index contributed by atoms with van der Waals surface area (Å²) in [6.45, 7) is 11.2. The number of hydrogen-bond acceptors (Lipinski definition) is 0. The van der Waals surface area contributed by atoms with Crippen molar-refractivity contribution in [3.8, 4) is 0 Å². The van der Waals surface area contributed by atoms with Crippen molar-refractivity contribution in [1.29, 1.82) is 0 Å². The molecule has 0 amide bonds. The van der Waals surface area contributed by atoms with Crippen LogP contribution in [0.5, 0.6) is 0 Å². The van der Waals surface area contributed by atoms with E-state index in [9.17, 15) is 0 Å². The fraction of sp³-hybridized carbons (Fsp3) is 0.355. The Morgan fingerprint density at radius 1 is 0.706 bits per heavy atom. The summed E-state index contributed by atoms with van der Waals surface area (Å²) in [6, 6.07) is 17.0. The third-order valence-electron chi connectivity index (χ3n) is 4.15. The second-order valence-corrected chi connectivity index (χ2v) is 12.9. The van der Waals surface area contributed by atoms with Crippen LogP contribution in [0.4, 0.5) is 0 Å². The van der Waals surface area contributed by atoms with Gasteiger partial charge in [0.2, 0.25) is 0 Å². The minimum atomic E-state index is 0.146. The zero-order valence-corrected chi connectivity index (χ0v) is 24.3. The predicted molar refractivity (Wildman–Crippen MR) is 152 cm³/mol. The van der Waals surface area contributed by atoms with E-state index in [1.165, 1.54) is 28.7 Å². The number of aryl methyl sites for hydroxylation is 2. The zero-order chi connectivity index (χ0) is 25.8. The van der Waals surface area contributed by atoms with Crippen LogP contribution < -0.4 is 0 Å². The maximum absolute atomic E-state index is 3.50. The zero-order valence-electron chi connectivity index (χ0n) is 22.8. The fourth-order valence-corrected chi connectivity index (χ4v) is 4.84. The van der Waals surface area contributed by atoms with Gasteiger partial charge in [0.05, 0.1) is 0 Å². The van der Waals surface area contributed by atoms with E-state index in [0.29, 0.717) is 3.72 Å². The predicted octanol–water partition coefficient (Wildman–Crippen LogP) is 9.40. The summed E-state index contributed by atoms with van der Waals surface area (Å²) in [6.07, 6.45) is 16.3. The van der Waals surface area contributed by atoms with Crippen LogP contribution in [0.3, 0.4) is 0 Å². The second-order valence-electron chi connectivity index (χ2n) is 9.13. The Morgan fingerprint density at radius 2 is 1.09 bits per heavy atom. The molecular formula is C31H44N2Ti. The van der Waals surface area contributed by atoms with E-state index < -0.39 is 0 Å². The molecule has 1 aliphatic rings. The summed E-state index contributed by atoms with van der Waals surface area (Å²) < 4.78 is 2.28. The average Bonchev–Trinajstić information content (AvgIpc) is 3.27. The first-order valence-electron chi connectivity index (χ1n) is 11.7. The van der Waals surface area contributed by atoms with Gasteiger partial charge in [-0.1, -0.05) is 84.0 Å². The first kappa shape index (κ1) is 32.0. The largest absolute Gasteiger partial charge is 0.668 e. The molecule has 0 saturated heterocycles. The fourth-order valence-electron chi connectivity index (χ4n) is 2.71. The third-order valence-corrected chi connectivity index (χ3v) is 6.40. The Hall–Kier alpha value is -1.97. The van der Waals surface area contributed by atoms with Crippen LogP contribution in [-0.2, 0) is 19.2 Å². The molecule has 0 heterocycles. The van der Waals surface area contributed by atoms with Gasteiger partial charge >= 0.3 is 72.2 Å². The summed E-state index contributed by atoms with van der Waals surface area (Å²) in [5, 5.41) is 7.00. The Kier molecular flexibility index (Phi) is 18.2. The maximum Gasteiger partial charge on any atom is -0.0256 e.